The van der Waals surface area contributed by atoms with E-state index in [-0.39, 0.29) is 5.54 Å². The molecule has 3 aromatic rings. The molecule has 0 bridgehead atoms. The summed E-state index contributed by atoms with van der Waals surface area (Å²) < 4.78 is 0. The molecule has 2 aromatic carbocycles. The van der Waals surface area contributed by atoms with Crippen LogP contribution in [-0.2, 0) is 5.54 Å². The fourth-order valence-corrected chi connectivity index (χ4v) is 3.66. The molecule has 0 radical (unpaired) electrons. The lowest BCUT2D eigenvalue weighted by Gasteiger charge is -2.43. The second-order valence-electron chi connectivity index (χ2n) is 7.03. The number of nitrogens with zero attached hydrogens (tertiary/aromatic N) is 1. The highest BCUT2D eigenvalue weighted by molar-refractivity contribution is 5.96. The van der Waals surface area contributed by atoms with Gasteiger partial charge >= 0.3 is 0 Å². The number of nitrogens with one attached hydrogen (secondary N) is 2. The van der Waals surface area contributed by atoms with E-state index in [0.29, 0.717) is 0 Å². The van der Waals surface area contributed by atoms with Gasteiger partial charge in [-0.05, 0) is 30.2 Å². The average Bonchev–Trinajstić information content (AvgIpc) is 3.03. The molecule has 25 heavy (non-hydrogen) atoms. The predicted octanol–water partition coefficient (Wildman–Crippen LogP) is 4.96. The summed E-state index contributed by atoms with van der Waals surface area (Å²) in [6, 6.07) is 17.1. The maximum atomic E-state index is 4.20. The fourth-order valence-electron chi connectivity index (χ4n) is 3.66. The molecule has 1 atom stereocenters. The topological polar surface area (TPSA) is 31.1 Å². The maximum absolute atomic E-state index is 4.20. The van der Waals surface area contributed by atoms with Gasteiger partial charge in [0.05, 0.1) is 11.4 Å². The van der Waals surface area contributed by atoms with E-state index in [1.54, 1.807) is 0 Å². The summed E-state index contributed by atoms with van der Waals surface area (Å²) in [6.07, 6.45) is 2.94. The van der Waals surface area contributed by atoms with Gasteiger partial charge in [0.1, 0.15) is 0 Å². The normalized spacial score (nSPS) is 20.8. The first-order valence-electron chi connectivity index (χ1n) is 8.53. The first kappa shape index (κ1) is 15.6. The van der Waals surface area contributed by atoms with E-state index < -0.39 is 0 Å². The lowest BCUT2D eigenvalue weighted by Crippen LogP contribution is -2.48. The summed E-state index contributed by atoms with van der Waals surface area (Å²) in [5.41, 5.74) is 5.71. The average molecular weight is 329 g/mol. The van der Waals surface area contributed by atoms with Crippen molar-refractivity contribution in [2.75, 3.05) is 7.05 Å². The smallest absolute Gasteiger partial charge is 0.0985 e. The number of benzene rings is 2. The minimum atomic E-state index is -0.208. The Bertz CT molecular complexity index is 947. The molecular formula is C22H23N3. The van der Waals surface area contributed by atoms with Gasteiger partial charge in [0, 0.05) is 41.8 Å². The van der Waals surface area contributed by atoms with Crippen LogP contribution in [0, 0.1) is 0 Å². The van der Waals surface area contributed by atoms with Crippen molar-refractivity contribution in [3.8, 4) is 11.1 Å². The van der Waals surface area contributed by atoms with Crippen molar-refractivity contribution in [1.29, 1.82) is 0 Å². The zero-order valence-corrected chi connectivity index (χ0v) is 14.8. The van der Waals surface area contributed by atoms with Crippen LogP contribution < -0.4 is 5.32 Å². The molecule has 0 aliphatic carbocycles. The molecule has 2 heterocycles. The lowest BCUT2D eigenvalue weighted by atomic mass is 9.84. The summed E-state index contributed by atoms with van der Waals surface area (Å²) in [5.74, 6) is 0.885. The molecule has 3 heteroatoms. The SMILES string of the molecule is C=C1C[C@@](C)(c2ccc3[nH]cc(-c4ccccc4)c3c2)NC(=C)N1C. The predicted molar refractivity (Wildman–Crippen MR) is 105 cm³/mol. The van der Waals surface area contributed by atoms with Crippen LogP contribution >= 0.6 is 0 Å². The molecule has 1 aliphatic rings. The second kappa shape index (κ2) is 5.55. The Balaban J connectivity index is 1.81. The van der Waals surface area contributed by atoms with Crippen LogP contribution in [0.25, 0.3) is 22.0 Å². The number of fused-ring (bicyclic) bond motifs is 1. The molecule has 3 nitrogen and oxygen atoms in total. The first-order chi connectivity index (χ1) is 12.0. The molecule has 126 valence electrons. The molecule has 0 amide bonds. The summed E-state index contributed by atoms with van der Waals surface area (Å²) in [5, 5.41) is 4.80. The molecule has 4 rings (SSSR count). The van der Waals surface area contributed by atoms with E-state index in [1.807, 2.05) is 18.0 Å². The van der Waals surface area contributed by atoms with Crippen molar-refractivity contribution >= 4 is 10.9 Å². The van der Waals surface area contributed by atoms with Crippen LogP contribution in [0.3, 0.4) is 0 Å². The molecular weight excluding hydrogens is 306 g/mol. The van der Waals surface area contributed by atoms with Crippen LogP contribution in [0.4, 0.5) is 0 Å². The van der Waals surface area contributed by atoms with Crippen molar-refractivity contribution in [3.63, 3.8) is 0 Å². The van der Waals surface area contributed by atoms with Gasteiger partial charge in [-0.1, -0.05) is 49.6 Å². The third-order valence-corrected chi connectivity index (χ3v) is 5.26. The molecule has 1 aliphatic heterocycles. The Morgan fingerprint density at radius 3 is 2.56 bits per heavy atom. The number of H-pyrrole nitrogens is 1. The standard InChI is InChI=1S/C22H23N3/c1-15-13-22(3,24-16(2)25(15)4)18-10-11-21-19(12-18)20(14-23-21)17-8-6-5-7-9-17/h5-12,14,23-24H,1-2,13H2,3-4H3/t22-/m0/s1. The van der Waals surface area contributed by atoms with E-state index in [0.717, 1.165) is 23.5 Å². The number of hydrogen-bond donors (Lipinski definition) is 2. The zero-order valence-electron chi connectivity index (χ0n) is 14.8. The number of aromatic nitrogens is 1. The lowest BCUT2D eigenvalue weighted by molar-refractivity contribution is 0.268. The molecule has 1 aromatic heterocycles. The Hall–Kier alpha value is -2.94. The third kappa shape index (κ3) is 2.52. The van der Waals surface area contributed by atoms with Gasteiger partial charge in [-0.25, -0.2) is 0 Å². The molecule has 0 unspecified atom stereocenters. The van der Waals surface area contributed by atoms with E-state index >= 15 is 0 Å². The van der Waals surface area contributed by atoms with Crippen molar-refractivity contribution in [2.45, 2.75) is 18.9 Å². The third-order valence-electron chi connectivity index (χ3n) is 5.26. The van der Waals surface area contributed by atoms with E-state index in [9.17, 15) is 0 Å². The molecule has 1 fully saturated rings. The second-order valence-corrected chi connectivity index (χ2v) is 7.03. The number of rotatable bonds is 2. The van der Waals surface area contributed by atoms with Gasteiger partial charge in [0.2, 0.25) is 0 Å². The number of hydrogen-bond acceptors (Lipinski definition) is 2. The molecule has 0 spiro atoms. The Kier molecular flexibility index (Phi) is 3.46. The van der Waals surface area contributed by atoms with E-state index in [4.69, 9.17) is 0 Å². The van der Waals surface area contributed by atoms with E-state index in [2.05, 4.69) is 79.0 Å². The minimum Gasteiger partial charge on any atom is -0.362 e. The summed E-state index contributed by atoms with van der Waals surface area (Å²) in [6.45, 7) is 10.5. The monoisotopic (exact) mass is 329 g/mol. The maximum Gasteiger partial charge on any atom is 0.0985 e. The van der Waals surface area contributed by atoms with Crippen molar-refractivity contribution < 1.29 is 0 Å². The van der Waals surface area contributed by atoms with Crippen LogP contribution in [0.2, 0.25) is 0 Å². The molecule has 0 saturated carbocycles. The quantitative estimate of drug-likeness (QED) is 0.696. The van der Waals surface area contributed by atoms with Crippen molar-refractivity contribution in [1.82, 2.24) is 15.2 Å². The fraction of sp³-hybridized carbons (Fsp3) is 0.182. The highest BCUT2D eigenvalue weighted by Gasteiger charge is 2.34. The van der Waals surface area contributed by atoms with Crippen LogP contribution in [0.1, 0.15) is 18.9 Å². The Morgan fingerprint density at radius 1 is 1.08 bits per heavy atom. The Labute approximate surface area is 148 Å². The first-order valence-corrected chi connectivity index (χ1v) is 8.53. The zero-order chi connectivity index (χ0) is 17.6. The highest BCUT2D eigenvalue weighted by Crippen LogP contribution is 2.37. The summed E-state index contributed by atoms with van der Waals surface area (Å²) in [7, 11) is 2.00. The minimum absolute atomic E-state index is 0.208. The van der Waals surface area contributed by atoms with Crippen LogP contribution in [-0.4, -0.2) is 16.9 Å². The van der Waals surface area contributed by atoms with Gasteiger partial charge < -0.3 is 15.2 Å². The molecule has 2 N–H and O–H groups in total. The van der Waals surface area contributed by atoms with Gasteiger partial charge in [0.25, 0.3) is 0 Å². The largest absolute Gasteiger partial charge is 0.362 e. The Morgan fingerprint density at radius 2 is 1.84 bits per heavy atom. The van der Waals surface area contributed by atoms with E-state index in [1.165, 1.54) is 22.1 Å². The summed E-state index contributed by atoms with van der Waals surface area (Å²) in [4.78, 5) is 5.41. The van der Waals surface area contributed by atoms with Gasteiger partial charge in [-0.2, -0.15) is 0 Å². The van der Waals surface area contributed by atoms with Crippen LogP contribution in [0.15, 0.2) is 79.4 Å². The highest BCUT2D eigenvalue weighted by atomic mass is 15.3. The van der Waals surface area contributed by atoms with Gasteiger partial charge in [0.15, 0.2) is 0 Å². The summed E-state index contributed by atoms with van der Waals surface area (Å²) >= 11 is 0. The van der Waals surface area contributed by atoms with Crippen molar-refractivity contribution in [3.05, 3.63) is 85.0 Å². The van der Waals surface area contributed by atoms with Crippen molar-refractivity contribution in [2.24, 2.45) is 0 Å². The van der Waals surface area contributed by atoms with Gasteiger partial charge in [-0.15, -0.1) is 0 Å². The molecule has 1 saturated heterocycles. The van der Waals surface area contributed by atoms with Gasteiger partial charge in [-0.3, -0.25) is 0 Å². The van der Waals surface area contributed by atoms with Crippen LogP contribution in [0.5, 0.6) is 0 Å². The number of aromatic amines is 1.